The highest BCUT2D eigenvalue weighted by molar-refractivity contribution is 7.21. The molecule has 166 valence electrons. The highest BCUT2D eigenvalue weighted by Crippen LogP contribution is 2.45. The van der Waals surface area contributed by atoms with Gasteiger partial charge in [-0.25, -0.2) is 14.4 Å². The van der Waals surface area contributed by atoms with Crippen molar-refractivity contribution in [3.05, 3.63) is 89.9 Å². The number of anilines is 1. The molecule has 0 bridgehead atoms. The molecule has 2 aromatic heterocycles. The molecule has 0 spiro atoms. The summed E-state index contributed by atoms with van der Waals surface area (Å²) >= 11 is 1.37. The number of fused-ring (bicyclic) bond motifs is 1. The van der Waals surface area contributed by atoms with Crippen molar-refractivity contribution in [3.8, 4) is 10.6 Å². The summed E-state index contributed by atoms with van der Waals surface area (Å²) in [6, 6.07) is 19.1. The molecule has 0 saturated heterocycles. The van der Waals surface area contributed by atoms with Crippen LogP contribution < -0.4 is 4.90 Å². The van der Waals surface area contributed by atoms with E-state index >= 15 is 4.39 Å². The molecule has 0 radical (unpaired) electrons. The van der Waals surface area contributed by atoms with E-state index in [4.69, 9.17) is 10.1 Å². The van der Waals surface area contributed by atoms with Crippen LogP contribution in [0.5, 0.6) is 0 Å². The molecular formula is C26H22FN3O2S. The van der Waals surface area contributed by atoms with Gasteiger partial charge in [-0.05, 0) is 42.8 Å². The summed E-state index contributed by atoms with van der Waals surface area (Å²) in [6.07, 6.45) is 4.28. The molecule has 7 heteroatoms. The van der Waals surface area contributed by atoms with Crippen LogP contribution in [-0.2, 0) is 10.2 Å². The Labute approximate surface area is 194 Å². The number of rotatable bonds is 8. The summed E-state index contributed by atoms with van der Waals surface area (Å²) in [7, 11) is 0. The third-order valence-electron chi connectivity index (χ3n) is 5.96. The molecule has 2 aromatic carbocycles. The summed E-state index contributed by atoms with van der Waals surface area (Å²) < 4.78 is 15.1. The predicted octanol–water partition coefficient (Wildman–Crippen LogP) is 5.65. The van der Waals surface area contributed by atoms with Gasteiger partial charge in [-0.3, -0.25) is 4.79 Å². The Morgan fingerprint density at radius 2 is 1.88 bits per heavy atom. The largest absolute Gasteiger partial charge is 0.481 e. The topological polar surface area (TPSA) is 66.3 Å². The van der Waals surface area contributed by atoms with Gasteiger partial charge in [0.25, 0.3) is 0 Å². The fraction of sp³-hybridized carbons (Fsp3) is 0.192. The number of hydrogen-bond donors (Lipinski definition) is 1. The van der Waals surface area contributed by atoms with E-state index in [9.17, 15) is 4.79 Å². The van der Waals surface area contributed by atoms with E-state index in [0.717, 1.165) is 16.0 Å². The summed E-state index contributed by atoms with van der Waals surface area (Å²) in [5, 5.41) is 9.52. The first-order valence-corrected chi connectivity index (χ1v) is 11.6. The molecule has 33 heavy (non-hydrogen) atoms. The molecule has 1 N–H and O–H groups in total. The Balaban J connectivity index is 1.44. The third-order valence-corrected chi connectivity index (χ3v) is 6.95. The van der Waals surface area contributed by atoms with Gasteiger partial charge in [-0.2, -0.15) is 0 Å². The molecule has 0 saturated carbocycles. The van der Waals surface area contributed by atoms with Gasteiger partial charge in [0.2, 0.25) is 0 Å². The molecule has 0 unspecified atom stereocenters. The molecule has 0 aliphatic heterocycles. The van der Waals surface area contributed by atoms with Crippen molar-refractivity contribution in [3.63, 3.8) is 0 Å². The van der Waals surface area contributed by atoms with E-state index in [1.807, 2.05) is 48.2 Å². The zero-order valence-corrected chi connectivity index (χ0v) is 18.8. The number of carboxylic acid groups (broad SMARTS) is 1. The fourth-order valence-electron chi connectivity index (χ4n) is 4.05. The maximum Gasteiger partial charge on any atom is 0.305 e. The maximum absolute atomic E-state index is 15.1. The summed E-state index contributed by atoms with van der Waals surface area (Å²) in [5.74, 6) is -1.26. The number of allylic oxidation sites excluding steroid dienone is 2. The van der Waals surface area contributed by atoms with Crippen LogP contribution in [0.15, 0.2) is 72.8 Å². The summed E-state index contributed by atoms with van der Waals surface area (Å²) in [4.78, 5) is 23.0. The lowest BCUT2D eigenvalue weighted by Crippen LogP contribution is -2.25. The number of carbonyl (C=O) groups is 1. The minimum Gasteiger partial charge on any atom is -0.481 e. The molecule has 1 aliphatic carbocycles. The van der Waals surface area contributed by atoms with Gasteiger partial charge in [-0.1, -0.05) is 53.8 Å². The van der Waals surface area contributed by atoms with Crippen molar-refractivity contribution in [2.75, 3.05) is 18.0 Å². The van der Waals surface area contributed by atoms with E-state index in [1.165, 1.54) is 23.0 Å². The number of aliphatic carboxylic acids is 1. The second kappa shape index (κ2) is 8.41. The number of nitrogens with zero attached hydrogens (tertiary/aromatic N) is 3. The highest BCUT2D eigenvalue weighted by atomic mass is 32.1. The second-order valence-electron chi connectivity index (χ2n) is 8.00. The van der Waals surface area contributed by atoms with Gasteiger partial charge in [0.05, 0.1) is 17.5 Å². The van der Waals surface area contributed by atoms with Crippen LogP contribution in [0.1, 0.15) is 24.6 Å². The Kier molecular flexibility index (Phi) is 5.42. The lowest BCUT2D eigenvalue weighted by molar-refractivity contribution is -0.136. The van der Waals surface area contributed by atoms with Crippen LogP contribution in [0.4, 0.5) is 10.1 Å². The molecular weight excluding hydrogens is 437 g/mol. The normalized spacial score (nSPS) is 13.9. The molecule has 5 rings (SSSR count). The van der Waals surface area contributed by atoms with Gasteiger partial charge >= 0.3 is 5.97 Å². The van der Waals surface area contributed by atoms with Crippen LogP contribution in [-0.4, -0.2) is 34.1 Å². The van der Waals surface area contributed by atoms with Gasteiger partial charge in [-0.15, -0.1) is 0 Å². The summed E-state index contributed by atoms with van der Waals surface area (Å²) in [6.45, 7) is 2.84. The van der Waals surface area contributed by atoms with Crippen molar-refractivity contribution in [2.24, 2.45) is 0 Å². The zero-order chi connectivity index (χ0) is 23.0. The van der Waals surface area contributed by atoms with Crippen LogP contribution in [0.25, 0.3) is 20.9 Å². The summed E-state index contributed by atoms with van der Waals surface area (Å²) in [5.41, 5.74) is 3.65. The predicted molar refractivity (Wildman–Crippen MR) is 129 cm³/mol. The number of thiazole rings is 1. The van der Waals surface area contributed by atoms with Gasteiger partial charge < -0.3 is 10.0 Å². The molecule has 2 heterocycles. The smallest absolute Gasteiger partial charge is 0.305 e. The van der Waals surface area contributed by atoms with E-state index in [-0.39, 0.29) is 17.7 Å². The van der Waals surface area contributed by atoms with E-state index in [2.05, 4.69) is 29.3 Å². The minimum absolute atomic E-state index is 0.00239. The molecule has 0 atom stereocenters. The Bertz CT molecular complexity index is 1360. The lowest BCUT2D eigenvalue weighted by atomic mass is 9.89. The van der Waals surface area contributed by atoms with Gasteiger partial charge in [0, 0.05) is 24.3 Å². The average molecular weight is 460 g/mol. The number of carboxylic acids is 1. The minimum atomic E-state index is -0.873. The Morgan fingerprint density at radius 3 is 2.55 bits per heavy atom. The van der Waals surface area contributed by atoms with Crippen LogP contribution in [0, 0.1) is 5.82 Å². The first-order chi connectivity index (χ1) is 16.0. The van der Waals surface area contributed by atoms with Gasteiger partial charge in [0.15, 0.2) is 0 Å². The lowest BCUT2D eigenvalue weighted by Gasteiger charge is -2.22. The molecule has 1 aliphatic rings. The Hall–Kier alpha value is -3.58. The first-order valence-electron chi connectivity index (χ1n) is 10.8. The third kappa shape index (κ3) is 4.00. The van der Waals surface area contributed by atoms with E-state index in [0.29, 0.717) is 29.3 Å². The molecule has 5 nitrogen and oxygen atoms in total. The van der Waals surface area contributed by atoms with E-state index < -0.39 is 5.97 Å². The van der Waals surface area contributed by atoms with Crippen molar-refractivity contribution < 1.29 is 14.3 Å². The maximum atomic E-state index is 15.1. The zero-order valence-electron chi connectivity index (χ0n) is 18.0. The van der Waals surface area contributed by atoms with Crippen LogP contribution in [0.2, 0.25) is 0 Å². The SMILES string of the molecule is CCN(CCC(=O)O)c1ccc(-c2nc3ccc(C4(c5ccccc5)C=C4)nc3s2)c(F)c1. The molecule has 0 fully saturated rings. The van der Waals surface area contributed by atoms with Crippen LogP contribution >= 0.6 is 11.3 Å². The number of aromatic nitrogens is 2. The van der Waals surface area contributed by atoms with Crippen molar-refractivity contribution in [1.82, 2.24) is 9.97 Å². The molecule has 0 amide bonds. The van der Waals surface area contributed by atoms with E-state index in [1.54, 1.807) is 6.07 Å². The van der Waals surface area contributed by atoms with Crippen molar-refractivity contribution in [2.45, 2.75) is 18.8 Å². The average Bonchev–Trinajstić information content (AvgIpc) is 3.53. The number of benzene rings is 2. The highest BCUT2D eigenvalue weighted by Gasteiger charge is 2.39. The second-order valence-corrected chi connectivity index (χ2v) is 8.97. The van der Waals surface area contributed by atoms with Crippen LogP contribution in [0.3, 0.4) is 0 Å². The van der Waals surface area contributed by atoms with Crippen molar-refractivity contribution in [1.29, 1.82) is 0 Å². The fourth-order valence-corrected chi connectivity index (χ4v) is 5.01. The number of halogens is 1. The standard InChI is InChI=1S/C26H22FN3O2S/c1-2-30(15-12-23(31)32)18-8-9-19(20(27)16-18)24-28-21-10-11-22(29-25(21)33-24)26(13-14-26)17-6-4-3-5-7-17/h3-11,13-14,16H,2,12,15H2,1H3,(H,31,32). The monoisotopic (exact) mass is 459 g/mol. The molecule has 4 aromatic rings. The first kappa shape index (κ1) is 21.3. The quantitative estimate of drug-likeness (QED) is 0.345. The number of pyridine rings is 1. The number of hydrogen-bond acceptors (Lipinski definition) is 5. The van der Waals surface area contributed by atoms with Crippen molar-refractivity contribution >= 4 is 33.3 Å². The Morgan fingerprint density at radius 1 is 1.09 bits per heavy atom. The van der Waals surface area contributed by atoms with Gasteiger partial charge in [0.1, 0.15) is 21.2 Å².